The Kier molecular flexibility index (Phi) is 11.3. The molecule has 5 rings (SSSR count). The van der Waals surface area contributed by atoms with Crippen LogP contribution in [0.25, 0.3) is 0 Å². The molecule has 0 unspecified atom stereocenters. The Morgan fingerprint density at radius 1 is 0.889 bits per heavy atom. The number of halogens is 4. The van der Waals surface area contributed by atoms with Gasteiger partial charge in [0, 0.05) is 30.5 Å². The van der Waals surface area contributed by atoms with Gasteiger partial charge in [-0.05, 0) is 56.4 Å². The molecule has 3 saturated carbocycles. The van der Waals surface area contributed by atoms with Crippen LogP contribution in [0.1, 0.15) is 44.9 Å². The van der Waals surface area contributed by atoms with Crippen LogP contribution < -0.4 is 20.1 Å². The van der Waals surface area contributed by atoms with Crippen molar-refractivity contribution in [3.63, 3.8) is 0 Å². The molecule has 17 heteroatoms. The van der Waals surface area contributed by atoms with Crippen molar-refractivity contribution < 1.29 is 56.3 Å². The summed E-state index contributed by atoms with van der Waals surface area (Å²) in [7, 11) is -4.70. The lowest BCUT2D eigenvalue weighted by Gasteiger charge is -2.57. The second-order valence-electron chi connectivity index (χ2n) is 10.9. The highest BCUT2D eigenvalue weighted by Crippen LogP contribution is 2.48. The molecule has 2 aromatic rings. The minimum absolute atomic E-state index is 0.0357. The Labute approximate surface area is 266 Å². The number of phosphoric ester groups is 1. The third kappa shape index (κ3) is 9.74. The zero-order valence-electron chi connectivity index (χ0n) is 23.7. The van der Waals surface area contributed by atoms with E-state index in [-0.39, 0.29) is 47.4 Å². The minimum Gasteiger partial charge on any atom is -0.484 e. The largest absolute Gasteiger partial charge is 0.484 e. The maximum absolute atomic E-state index is 13.8. The van der Waals surface area contributed by atoms with Gasteiger partial charge in [-0.25, -0.2) is 13.3 Å². The van der Waals surface area contributed by atoms with Crippen molar-refractivity contribution in [3.8, 4) is 11.5 Å². The normalized spacial score (nSPS) is 22.4. The molecule has 0 saturated heterocycles. The van der Waals surface area contributed by atoms with Crippen molar-refractivity contribution in [1.82, 2.24) is 10.6 Å². The SMILES string of the molecule is O=C(COc1ccc(Cl)c(F)c1)NC12CCC(NC(=O)COc3ccc(Cl)c(F)c3)(CC1)[C@@H](OC(=O)CCCOP(=O)(O)O)C2. The number of hydrogen-bond donors (Lipinski definition) is 4. The molecule has 4 N–H and O–H groups in total. The number of fused-ring (bicyclic) bond motifs is 3. The molecule has 1 atom stereocenters. The molecule has 0 spiro atoms. The summed E-state index contributed by atoms with van der Waals surface area (Å²) in [6.07, 6.45) is 0.461. The molecule has 2 aromatic carbocycles. The summed E-state index contributed by atoms with van der Waals surface area (Å²) in [5, 5.41) is 5.67. The van der Waals surface area contributed by atoms with Crippen molar-refractivity contribution in [1.29, 1.82) is 0 Å². The molecule has 2 bridgehead atoms. The summed E-state index contributed by atoms with van der Waals surface area (Å²) < 4.78 is 59.3. The van der Waals surface area contributed by atoms with Crippen LogP contribution in [-0.2, 0) is 28.2 Å². The number of phosphoric acid groups is 1. The molecule has 3 aliphatic rings. The highest BCUT2D eigenvalue weighted by atomic mass is 35.5. The first-order valence-corrected chi connectivity index (χ1v) is 16.1. The Balaban J connectivity index is 1.40. The van der Waals surface area contributed by atoms with Crippen molar-refractivity contribution >= 4 is 48.8 Å². The Hall–Kier alpha value is -3.00. The number of rotatable bonds is 14. The Morgan fingerprint density at radius 3 is 1.93 bits per heavy atom. The smallest absolute Gasteiger partial charge is 0.469 e. The van der Waals surface area contributed by atoms with Crippen LogP contribution in [0.2, 0.25) is 10.0 Å². The van der Waals surface area contributed by atoms with E-state index in [1.165, 1.54) is 24.3 Å². The van der Waals surface area contributed by atoms with Gasteiger partial charge in [0.05, 0.1) is 22.2 Å². The number of carbonyl (C=O) groups is 3. The standard InChI is InChI=1S/C28H31Cl2F2N2O10P/c29-19-5-3-17(12-21(19)31)41-15-24(35)33-27-7-9-28(10-8-27,23(14-27)44-26(37)2-1-11-43-45(38,39)40)34-25(36)16-42-18-4-6-20(30)22(32)13-18/h3-6,12-13,23H,1-2,7-11,14-16H2,(H,33,35)(H,34,36)(H2,38,39,40)/t23-,27?,28?/m0/s1. The Morgan fingerprint density at radius 2 is 1.42 bits per heavy atom. The molecule has 3 fully saturated rings. The third-order valence-electron chi connectivity index (χ3n) is 7.67. The topological polar surface area (TPSA) is 170 Å². The molecule has 0 heterocycles. The summed E-state index contributed by atoms with van der Waals surface area (Å²) in [6, 6.07) is 7.51. The predicted octanol–water partition coefficient (Wildman–Crippen LogP) is 4.22. The van der Waals surface area contributed by atoms with Crippen LogP contribution in [0.15, 0.2) is 36.4 Å². The summed E-state index contributed by atoms with van der Waals surface area (Å²) in [5.41, 5.74) is -1.81. The molecule has 3 aliphatic carbocycles. The highest BCUT2D eigenvalue weighted by molar-refractivity contribution is 7.46. The van der Waals surface area contributed by atoms with Gasteiger partial charge in [0.1, 0.15) is 29.2 Å². The van der Waals surface area contributed by atoms with Crippen LogP contribution in [0.5, 0.6) is 11.5 Å². The van der Waals surface area contributed by atoms with E-state index in [9.17, 15) is 27.7 Å². The van der Waals surface area contributed by atoms with Crippen LogP contribution in [0.4, 0.5) is 8.78 Å². The lowest BCUT2D eigenvalue weighted by Crippen LogP contribution is -2.71. The first-order valence-electron chi connectivity index (χ1n) is 13.8. The average molecular weight is 695 g/mol. The molecule has 0 aromatic heterocycles. The van der Waals surface area contributed by atoms with Gasteiger partial charge < -0.3 is 34.6 Å². The fourth-order valence-electron chi connectivity index (χ4n) is 5.48. The first-order chi connectivity index (χ1) is 21.2. The van der Waals surface area contributed by atoms with Crippen molar-refractivity contribution in [2.45, 2.75) is 62.1 Å². The first kappa shape index (κ1) is 34.9. The van der Waals surface area contributed by atoms with Crippen LogP contribution in [0, 0.1) is 11.6 Å². The minimum atomic E-state index is -4.70. The highest BCUT2D eigenvalue weighted by Gasteiger charge is 2.57. The number of esters is 1. The average Bonchev–Trinajstić information content (AvgIpc) is 2.97. The molecule has 0 aliphatic heterocycles. The van der Waals surface area contributed by atoms with E-state index >= 15 is 0 Å². The van der Waals surface area contributed by atoms with Gasteiger partial charge in [0.25, 0.3) is 11.8 Å². The maximum atomic E-state index is 13.8. The van der Waals surface area contributed by atoms with Crippen molar-refractivity contribution in [2.75, 3.05) is 19.8 Å². The molecule has 45 heavy (non-hydrogen) atoms. The van der Waals surface area contributed by atoms with Crippen LogP contribution in [0.3, 0.4) is 0 Å². The van der Waals surface area contributed by atoms with Crippen LogP contribution in [-0.4, -0.2) is 64.6 Å². The zero-order chi connectivity index (χ0) is 32.8. The van der Waals surface area contributed by atoms with Gasteiger partial charge in [-0.15, -0.1) is 0 Å². The number of ether oxygens (including phenoxy) is 3. The predicted molar refractivity (Wildman–Crippen MR) is 156 cm³/mol. The van der Waals surface area contributed by atoms with Crippen molar-refractivity contribution in [3.05, 3.63) is 58.1 Å². The van der Waals surface area contributed by atoms with Gasteiger partial charge in [-0.3, -0.25) is 18.9 Å². The van der Waals surface area contributed by atoms with Gasteiger partial charge in [-0.1, -0.05) is 23.2 Å². The van der Waals surface area contributed by atoms with E-state index < -0.39 is 67.6 Å². The van der Waals surface area contributed by atoms with E-state index in [4.69, 9.17) is 47.2 Å². The van der Waals surface area contributed by atoms with Crippen LogP contribution >= 0.6 is 31.0 Å². The second kappa shape index (κ2) is 14.6. The summed E-state index contributed by atoms with van der Waals surface area (Å²) in [6.45, 7) is -1.27. The number of carbonyl (C=O) groups excluding carboxylic acids is 3. The molecule has 0 radical (unpaired) electrons. The van der Waals surface area contributed by atoms with E-state index in [1.807, 2.05) is 0 Å². The monoisotopic (exact) mass is 694 g/mol. The number of hydrogen-bond acceptors (Lipinski definition) is 8. The van der Waals surface area contributed by atoms with E-state index in [0.717, 1.165) is 12.1 Å². The van der Waals surface area contributed by atoms with Gasteiger partial charge in [0.2, 0.25) is 0 Å². The quantitative estimate of drug-likeness (QED) is 0.128. The zero-order valence-corrected chi connectivity index (χ0v) is 26.1. The number of benzene rings is 2. The van der Waals surface area contributed by atoms with E-state index in [2.05, 4.69) is 15.2 Å². The fourth-order valence-corrected chi connectivity index (χ4v) is 6.08. The third-order valence-corrected chi connectivity index (χ3v) is 8.80. The molecule has 12 nitrogen and oxygen atoms in total. The van der Waals surface area contributed by atoms with Gasteiger partial charge >= 0.3 is 13.8 Å². The summed E-state index contributed by atoms with van der Waals surface area (Å²) in [4.78, 5) is 56.2. The lowest BCUT2D eigenvalue weighted by atomic mass is 9.59. The summed E-state index contributed by atoms with van der Waals surface area (Å²) >= 11 is 11.4. The lowest BCUT2D eigenvalue weighted by molar-refractivity contribution is -0.167. The maximum Gasteiger partial charge on any atom is 0.469 e. The van der Waals surface area contributed by atoms with E-state index in [1.54, 1.807) is 0 Å². The number of nitrogens with one attached hydrogen (secondary N) is 2. The molecular weight excluding hydrogens is 664 g/mol. The molecule has 2 amide bonds. The summed E-state index contributed by atoms with van der Waals surface area (Å²) in [5.74, 6) is -2.96. The van der Waals surface area contributed by atoms with Crippen molar-refractivity contribution in [2.24, 2.45) is 0 Å². The van der Waals surface area contributed by atoms with E-state index in [0.29, 0.717) is 25.7 Å². The molecule has 246 valence electrons. The Bertz CT molecular complexity index is 1470. The molecular formula is C28H31Cl2F2N2O10P. The van der Waals surface area contributed by atoms with Gasteiger partial charge in [-0.2, -0.15) is 0 Å². The van der Waals surface area contributed by atoms with Gasteiger partial charge in [0.15, 0.2) is 13.2 Å². The number of amides is 2. The fraction of sp³-hybridized carbons (Fsp3) is 0.464. The second-order valence-corrected chi connectivity index (χ2v) is 12.9.